The fraction of sp³-hybridized carbons (Fsp3) is 0.444. The van der Waals surface area contributed by atoms with Crippen LogP contribution in [0.1, 0.15) is 37.7 Å². The van der Waals surface area contributed by atoms with Crippen LogP contribution in [-0.2, 0) is 6.54 Å². The van der Waals surface area contributed by atoms with Gasteiger partial charge in [-0.05, 0) is 25.0 Å². The van der Waals surface area contributed by atoms with Crippen molar-refractivity contribution in [3.8, 4) is 6.07 Å². The summed E-state index contributed by atoms with van der Waals surface area (Å²) in [6.45, 7) is 0.844. The molecule has 0 spiro atoms. The average molecular weight is 312 g/mol. The molecule has 1 aromatic heterocycles. The van der Waals surface area contributed by atoms with Gasteiger partial charge in [0.15, 0.2) is 0 Å². The van der Waals surface area contributed by atoms with Gasteiger partial charge >= 0.3 is 0 Å². The molecule has 0 aliphatic heterocycles. The SMILES string of the molecule is N#Cc1cn(CCSC2CCCCC2)c2ccccc2c1=O. The van der Waals surface area contributed by atoms with Gasteiger partial charge in [0.1, 0.15) is 11.6 Å². The predicted molar refractivity (Wildman–Crippen MR) is 92.3 cm³/mol. The van der Waals surface area contributed by atoms with Crippen LogP contribution in [0, 0.1) is 11.3 Å². The molecule has 0 unspecified atom stereocenters. The number of rotatable bonds is 4. The van der Waals surface area contributed by atoms with Crippen LogP contribution in [0.15, 0.2) is 35.3 Å². The predicted octanol–water partition coefficient (Wildman–Crippen LogP) is 3.94. The summed E-state index contributed by atoms with van der Waals surface area (Å²) < 4.78 is 2.06. The van der Waals surface area contributed by atoms with Crippen LogP contribution in [0.3, 0.4) is 0 Å². The van der Waals surface area contributed by atoms with Crippen molar-refractivity contribution in [1.82, 2.24) is 4.57 Å². The van der Waals surface area contributed by atoms with Crippen molar-refractivity contribution < 1.29 is 0 Å². The van der Waals surface area contributed by atoms with Crippen LogP contribution < -0.4 is 5.43 Å². The molecule has 3 nitrogen and oxygen atoms in total. The Hall–Kier alpha value is -1.73. The maximum Gasteiger partial charge on any atom is 0.207 e. The summed E-state index contributed by atoms with van der Waals surface area (Å²) in [6.07, 6.45) is 8.48. The largest absolute Gasteiger partial charge is 0.345 e. The Balaban J connectivity index is 1.79. The first-order valence-corrected chi connectivity index (χ1v) is 8.98. The highest BCUT2D eigenvalue weighted by Gasteiger charge is 2.14. The van der Waals surface area contributed by atoms with E-state index in [2.05, 4.69) is 4.57 Å². The van der Waals surface area contributed by atoms with Crippen molar-refractivity contribution in [2.75, 3.05) is 5.75 Å². The standard InChI is InChI=1S/C18H20N2OS/c19-12-14-13-20(10-11-22-15-6-2-1-3-7-15)17-9-5-4-8-16(17)18(14)21/h4-5,8-9,13,15H,1-3,6-7,10-11H2. The quantitative estimate of drug-likeness (QED) is 0.859. The molecule has 2 aromatic rings. The molecule has 1 aromatic carbocycles. The second-order valence-corrected chi connectivity index (χ2v) is 7.23. The molecule has 4 heteroatoms. The third-order valence-electron chi connectivity index (χ3n) is 4.35. The van der Waals surface area contributed by atoms with Gasteiger partial charge in [-0.1, -0.05) is 31.4 Å². The van der Waals surface area contributed by atoms with E-state index in [0.717, 1.165) is 23.1 Å². The summed E-state index contributed by atoms with van der Waals surface area (Å²) in [5.41, 5.74) is 1.01. The number of thioether (sulfide) groups is 1. The Kier molecular flexibility index (Phi) is 4.84. The zero-order valence-electron chi connectivity index (χ0n) is 12.6. The summed E-state index contributed by atoms with van der Waals surface area (Å²) in [5, 5.41) is 10.6. The molecule has 0 saturated heterocycles. The summed E-state index contributed by atoms with van der Waals surface area (Å²) >= 11 is 2.04. The number of nitrogens with zero attached hydrogens (tertiary/aromatic N) is 2. The van der Waals surface area contributed by atoms with Gasteiger partial charge in [0.25, 0.3) is 0 Å². The smallest absolute Gasteiger partial charge is 0.207 e. The summed E-state index contributed by atoms with van der Waals surface area (Å²) in [6, 6.07) is 9.59. The van der Waals surface area contributed by atoms with Gasteiger partial charge in [-0.2, -0.15) is 17.0 Å². The number of aromatic nitrogens is 1. The summed E-state index contributed by atoms with van der Waals surface area (Å²) in [7, 11) is 0. The minimum atomic E-state index is -0.158. The van der Waals surface area contributed by atoms with E-state index < -0.39 is 0 Å². The molecular weight excluding hydrogens is 292 g/mol. The van der Waals surface area contributed by atoms with Gasteiger partial charge in [0.2, 0.25) is 5.43 Å². The van der Waals surface area contributed by atoms with Crippen molar-refractivity contribution in [2.24, 2.45) is 0 Å². The average Bonchev–Trinajstić information content (AvgIpc) is 2.58. The number of para-hydroxylation sites is 1. The van der Waals surface area contributed by atoms with Gasteiger partial charge in [0, 0.05) is 29.1 Å². The van der Waals surface area contributed by atoms with Crippen LogP contribution >= 0.6 is 11.8 Å². The number of fused-ring (bicyclic) bond motifs is 1. The van der Waals surface area contributed by atoms with E-state index in [0.29, 0.717) is 5.39 Å². The van der Waals surface area contributed by atoms with Gasteiger partial charge in [-0.15, -0.1) is 0 Å². The zero-order chi connectivity index (χ0) is 15.4. The lowest BCUT2D eigenvalue weighted by molar-refractivity contribution is 0.515. The molecule has 0 N–H and O–H groups in total. The highest BCUT2D eigenvalue weighted by atomic mass is 32.2. The maximum atomic E-state index is 12.2. The number of hydrogen-bond acceptors (Lipinski definition) is 3. The Bertz CT molecular complexity index is 754. The molecule has 114 valence electrons. The van der Waals surface area contributed by atoms with E-state index in [1.54, 1.807) is 6.20 Å². The highest BCUT2D eigenvalue weighted by molar-refractivity contribution is 7.99. The molecule has 1 aliphatic rings. The van der Waals surface area contributed by atoms with Gasteiger partial charge in [-0.25, -0.2) is 0 Å². The Morgan fingerprint density at radius 2 is 2.00 bits per heavy atom. The summed E-state index contributed by atoms with van der Waals surface area (Å²) in [4.78, 5) is 12.2. The number of nitriles is 1. The topological polar surface area (TPSA) is 45.8 Å². The number of aryl methyl sites for hydroxylation is 1. The summed E-state index contributed by atoms with van der Waals surface area (Å²) in [5.74, 6) is 1.03. The molecule has 0 amide bonds. The van der Waals surface area contributed by atoms with Crippen molar-refractivity contribution in [3.05, 3.63) is 46.2 Å². The normalized spacial score (nSPS) is 15.8. The van der Waals surface area contributed by atoms with Gasteiger partial charge in [0.05, 0.1) is 5.52 Å². The monoisotopic (exact) mass is 312 g/mol. The van der Waals surface area contributed by atoms with E-state index >= 15 is 0 Å². The maximum absolute atomic E-state index is 12.2. The molecule has 1 aliphatic carbocycles. The van der Waals surface area contributed by atoms with E-state index in [9.17, 15) is 4.79 Å². The van der Waals surface area contributed by atoms with Crippen LogP contribution in [-0.4, -0.2) is 15.6 Å². The number of benzene rings is 1. The Morgan fingerprint density at radius 3 is 2.77 bits per heavy atom. The Morgan fingerprint density at radius 1 is 1.23 bits per heavy atom. The van der Waals surface area contributed by atoms with Crippen molar-refractivity contribution >= 4 is 22.7 Å². The van der Waals surface area contributed by atoms with Crippen LogP contribution in [0.25, 0.3) is 10.9 Å². The molecule has 0 bridgehead atoms. The zero-order valence-corrected chi connectivity index (χ0v) is 13.4. The van der Waals surface area contributed by atoms with E-state index in [1.165, 1.54) is 32.1 Å². The van der Waals surface area contributed by atoms with E-state index in [4.69, 9.17) is 5.26 Å². The minimum Gasteiger partial charge on any atom is -0.345 e. The molecule has 22 heavy (non-hydrogen) atoms. The fourth-order valence-electron chi connectivity index (χ4n) is 3.16. The second kappa shape index (κ2) is 7.02. The van der Waals surface area contributed by atoms with Gasteiger partial charge in [-0.3, -0.25) is 4.79 Å². The lowest BCUT2D eigenvalue weighted by Gasteiger charge is -2.21. The first-order valence-electron chi connectivity index (χ1n) is 7.93. The van der Waals surface area contributed by atoms with E-state index in [1.807, 2.05) is 42.1 Å². The minimum absolute atomic E-state index is 0.158. The third kappa shape index (κ3) is 3.20. The molecular formula is C18H20N2OS. The van der Waals surface area contributed by atoms with Crippen molar-refractivity contribution in [3.63, 3.8) is 0 Å². The molecule has 1 saturated carbocycles. The molecule has 3 rings (SSSR count). The third-order valence-corrected chi connectivity index (χ3v) is 5.71. The number of pyridine rings is 1. The number of hydrogen-bond donors (Lipinski definition) is 0. The first-order chi connectivity index (χ1) is 10.8. The Labute approximate surface area is 134 Å². The molecule has 0 atom stereocenters. The lowest BCUT2D eigenvalue weighted by atomic mass is 10.0. The molecule has 1 heterocycles. The van der Waals surface area contributed by atoms with Crippen molar-refractivity contribution in [1.29, 1.82) is 5.26 Å². The second-order valence-electron chi connectivity index (χ2n) is 5.83. The van der Waals surface area contributed by atoms with Crippen LogP contribution in [0.4, 0.5) is 0 Å². The van der Waals surface area contributed by atoms with Crippen LogP contribution in [0.5, 0.6) is 0 Å². The van der Waals surface area contributed by atoms with Gasteiger partial charge < -0.3 is 4.57 Å². The lowest BCUT2D eigenvalue weighted by Crippen LogP contribution is -2.15. The first kappa shape index (κ1) is 15.2. The van der Waals surface area contributed by atoms with Crippen molar-refractivity contribution in [2.45, 2.75) is 43.9 Å². The molecule has 0 radical (unpaired) electrons. The highest BCUT2D eigenvalue weighted by Crippen LogP contribution is 2.28. The van der Waals surface area contributed by atoms with E-state index in [-0.39, 0.29) is 11.0 Å². The molecule has 1 fully saturated rings. The van der Waals surface area contributed by atoms with Crippen LogP contribution in [0.2, 0.25) is 0 Å². The fourth-order valence-corrected chi connectivity index (χ4v) is 4.46.